The minimum absolute atomic E-state index is 0.0803. The van der Waals surface area contributed by atoms with E-state index in [0.29, 0.717) is 0 Å². The number of carbonyl (C=O) groups is 1. The summed E-state index contributed by atoms with van der Waals surface area (Å²) in [7, 11) is 0. The van der Waals surface area contributed by atoms with Gasteiger partial charge in [-0.1, -0.05) is 5.57 Å². The minimum Gasteiger partial charge on any atom is -0.336 e. The van der Waals surface area contributed by atoms with Crippen molar-refractivity contribution in [1.82, 2.24) is 10.2 Å². The molecule has 3 heteroatoms. The smallest absolute Gasteiger partial charge is 0.317 e. The lowest BCUT2D eigenvalue weighted by Crippen LogP contribution is -2.28. The summed E-state index contributed by atoms with van der Waals surface area (Å²) in [5.41, 5.74) is 1.19. The van der Waals surface area contributed by atoms with Crippen molar-refractivity contribution in [3.8, 4) is 0 Å². The summed E-state index contributed by atoms with van der Waals surface area (Å²) in [4.78, 5) is 12.9. The molecule has 0 aromatic carbocycles. The van der Waals surface area contributed by atoms with Gasteiger partial charge < -0.3 is 10.2 Å². The van der Waals surface area contributed by atoms with Crippen LogP contribution in [-0.2, 0) is 0 Å². The standard InChI is InChI=1S/C9H16N2O/c1-8(2)4-3-6-11-7-5-10-9(11)12/h1,3-7H2,2H3,(H,10,12). The Bertz CT molecular complexity index is 189. The molecule has 68 valence electrons. The molecule has 2 amide bonds. The van der Waals surface area contributed by atoms with Crippen LogP contribution in [-0.4, -0.2) is 30.6 Å². The molecule has 1 rings (SSSR count). The molecule has 0 unspecified atom stereocenters. The Morgan fingerprint density at radius 1 is 1.75 bits per heavy atom. The molecular weight excluding hydrogens is 152 g/mol. The number of hydrogen-bond donors (Lipinski definition) is 1. The van der Waals surface area contributed by atoms with Crippen molar-refractivity contribution in [3.63, 3.8) is 0 Å². The van der Waals surface area contributed by atoms with E-state index >= 15 is 0 Å². The maximum Gasteiger partial charge on any atom is 0.317 e. The van der Waals surface area contributed by atoms with Crippen LogP contribution in [0, 0.1) is 0 Å². The number of urea groups is 1. The van der Waals surface area contributed by atoms with E-state index in [1.807, 2.05) is 11.8 Å². The predicted octanol–water partition coefficient (Wildman–Crippen LogP) is 1.37. The molecule has 0 saturated carbocycles. The molecule has 1 saturated heterocycles. The molecule has 0 aliphatic carbocycles. The molecule has 0 bridgehead atoms. The van der Waals surface area contributed by atoms with Gasteiger partial charge in [-0.2, -0.15) is 0 Å². The molecular formula is C9H16N2O. The molecule has 12 heavy (non-hydrogen) atoms. The molecule has 1 heterocycles. The van der Waals surface area contributed by atoms with E-state index < -0.39 is 0 Å². The van der Waals surface area contributed by atoms with Gasteiger partial charge in [0.2, 0.25) is 0 Å². The zero-order chi connectivity index (χ0) is 8.97. The third-order valence-corrected chi connectivity index (χ3v) is 1.98. The average Bonchev–Trinajstić information content (AvgIpc) is 2.36. The maximum absolute atomic E-state index is 11.0. The molecule has 0 spiro atoms. The summed E-state index contributed by atoms with van der Waals surface area (Å²) < 4.78 is 0. The topological polar surface area (TPSA) is 32.3 Å². The molecule has 1 fully saturated rings. The van der Waals surface area contributed by atoms with Gasteiger partial charge in [-0.15, -0.1) is 6.58 Å². The molecule has 0 aromatic heterocycles. The molecule has 0 atom stereocenters. The first kappa shape index (κ1) is 9.10. The Hall–Kier alpha value is -0.990. The SMILES string of the molecule is C=C(C)CCCN1CCNC1=O. The fourth-order valence-electron chi connectivity index (χ4n) is 1.30. The zero-order valence-corrected chi connectivity index (χ0v) is 7.60. The second-order valence-electron chi connectivity index (χ2n) is 3.28. The Labute approximate surface area is 73.4 Å². The lowest BCUT2D eigenvalue weighted by atomic mass is 10.2. The second kappa shape index (κ2) is 4.14. The highest BCUT2D eigenvalue weighted by molar-refractivity contribution is 5.76. The van der Waals surface area contributed by atoms with E-state index in [0.717, 1.165) is 32.5 Å². The monoisotopic (exact) mass is 168 g/mol. The minimum atomic E-state index is 0.0803. The van der Waals surface area contributed by atoms with E-state index in [4.69, 9.17) is 0 Å². The molecule has 3 nitrogen and oxygen atoms in total. The zero-order valence-electron chi connectivity index (χ0n) is 7.60. The largest absolute Gasteiger partial charge is 0.336 e. The average molecular weight is 168 g/mol. The summed E-state index contributed by atoms with van der Waals surface area (Å²) in [6, 6.07) is 0.0803. The number of nitrogens with zero attached hydrogens (tertiary/aromatic N) is 1. The lowest BCUT2D eigenvalue weighted by molar-refractivity contribution is 0.217. The van der Waals surface area contributed by atoms with Crippen LogP contribution in [0.25, 0.3) is 0 Å². The van der Waals surface area contributed by atoms with Crippen molar-refractivity contribution in [2.75, 3.05) is 19.6 Å². The van der Waals surface area contributed by atoms with Crippen molar-refractivity contribution < 1.29 is 4.79 Å². The Morgan fingerprint density at radius 3 is 3.00 bits per heavy atom. The first-order valence-electron chi connectivity index (χ1n) is 4.37. The highest BCUT2D eigenvalue weighted by Crippen LogP contribution is 2.04. The highest BCUT2D eigenvalue weighted by Gasteiger charge is 2.17. The fourth-order valence-corrected chi connectivity index (χ4v) is 1.30. The lowest BCUT2D eigenvalue weighted by Gasteiger charge is -2.13. The number of carbonyl (C=O) groups excluding carboxylic acids is 1. The van der Waals surface area contributed by atoms with Crippen LogP contribution in [0.3, 0.4) is 0 Å². The number of allylic oxidation sites excluding steroid dienone is 1. The molecule has 1 aliphatic rings. The number of hydrogen-bond acceptors (Lipinski definition) is 1. The van der Waals surface area contributed by atoms with Gasteiger partial charge in [-0.3, -0.25) is 0 Å². The van der Waals surface area contributed by atoms with Gasteiger partial charge in [0.05, 0.1) is 0 Å². The van der Waals surface area contributed by atoms with Crippen LogP contribution in [0.2, 0.25) is 0 Å². The van der Waals surface area contributed by atoms with E-state index in [2.05, 4.69) is 11.9 Å². The quantitative estimate of drug-likeness (QED) is 0.632. The van der Waals surface area contributed by atoms with Gasteiger partial charge >= 0.3 is 6.03 Å². The third kappa shape index (κ3) is 2.57. The van der Waals surface area contributed by atoms with Crippen molar-refractivity contribution in [1.29, 1.82) is 0 Å². The van der Waals surface area contributed by atoms with E-state index in [1.165, 1.54) is 5.57 Å². The van der Waals surface area contributed by atoms with Crippen LogP contribution in [0.4, 0.5) is 4.79 Å². The molecule has 1 N–H and O–H groups in total. The van der Waals surface area contributed by atoms with Crippen molar-refractivity contribution in [2.45, 2.75) is 19.8 Å². The van der Waals surface area contributed by atoms with Crippen LogP contribution in [0.1, 0.15) is 19.8 Å². The van der Waals surface area contributed by atoms with Crippen LogP contribution in [0.15, 0.2) is 12.2 Å². The predicted molar refractivity (Wildman–Crippen MR) is 49.0 cm³/mol. The number of nitrogens with one attached hydrogen (secondary N) is 1. The first-order valence-corrected chi connectivity index (χ1v) is 4.37. The van der Waals surface area contributed by atoms with Crippen LogP contribution < -0.4 is 5.32 Å². The van der Waals surface area contributed by atoms with Crippen LogP contribution in [0.5, 0.6) is 0 Å². The first-order chi connectivity index (χ1) is 5.70. The van der Waals surface area contributed by atoms with E-state index in [9.17, 15) is 4.79 Å². The summed E-state index contributed by atoms with van der Waals surface area (Å²) in [5, 5.41) is 2.77. The molecule has 0 radical (unpaired) electrons. The van der Waals surface area contributed by atoms with Gasteiger partial charge in [0.15, 0.2) is 0 Å². The summed E-state index contributed by atoms with van der Waals surface area (Å²) in [6.45, 7) is 8.35. The Balaban J connectivity index is 2.14. The normalized spacial score (nSPS) is 16.4. The number of rotatable bonds is 4. The van der Waals surface area contributed by atoms with Crippen molar-refractivity contribution >= 4 is 6.03 Å². The van der Waals surface area contributed by atoms with Gasteiger partial charge in [-0.25, -0.2) is 4.79 Å². The summed E-state index contributed by atoms with van der Waals surface area (Å²) >= 11 is 0. The fraction of sp³-hybridized carbons (Fsp3) is 0.667. The molecule has 0 aromatic rings. The highest BCUT2D eigenvalue weighted by atomic mass is 16.2. The van der Waals surface area contributed by atoms with Crippen LogP contribution >= 0.6 is 0 Å². The van der Waals surface area contributed by atoms with Gasteiger partial charge in [0.25, 0.3) is 0 Å². The van der Waals surface area contributed by atoms with Crippen molar-refractivity contribution in [3.05, 3.63) is 12.2 Å². The van der Waals surface area contributed by atoms with Crippen molar-refractivity contribution in [2.24, 2.45) is 0 Å². The maximum atomic E-state index is 11.0. The third-order valence-electron chi connectivity index (χ3n) is 1.98. The van der Waals surface area contributed by atoms with E-state index in [-0.39, 0.29) is 6.03 Å². The van der Waals surface area contributed by atoms with Gasteiger partial charge in [0.1, 0.15) is 0 Å². The van der Waals surface area contributed by atoms with Gasteiger partial charge in [0, 0.05) is 19.6 Å². The molecule has 1 aliphatic heterocycles. The number of amides is 2. The summed E-state index contributed by atoms with van der Waals surface area (Å²) in [5.74, 6) is 0. The summed E-state index contributed by atoms with van der Waals surface area (Å²) in [6.07, 6.45) is 2.05. The second-order valence-corrected chi connectivity index (χ2v) is 3.28. The Kier molecular flexibility index (Phi) is 3.14. The van der Waals surface area contributed by atoms with E-state index in [1.54, 1.807) is 0 Å². The van der Waals surface area contributed by atoms with Gasteiger partial charge in [-0.05, 0) is 19.8 Å². The Morgan fingerprint density at radius 2 is 2.50 bits per heavy atom.